The molecule has 0 aliphatic carbocycles. The van der Waals surface area contributed by atoms with Gasteiger partial charge in [0.25, 0.3) is 0 Å². The molecule has 4 nitrogen and oxygen atoms in total. The van der Waals surface area contributed by atoms with Crippen LogP contribution in [0.25, 0.3) is 11.0 Å². The Kier molecular flexibility index (Phi) is 4.67. The van der Waals surface area contributed by atoms with Crippen LogP contribution in [0, 0.1) is 12.9 Å². The first-order valence-corrected chi connectivity index (χ1v) is 9.13. The van der Waals surface area contributed by atoms with E-state index in [9.17, 15) is 4.39 Å². The highest BCUT2D eigenvalue weighted by Crippen LogP contribution is 2.22. The van der Waals surface area contributed by atoms with Gasteiger partial charge in [0.1, 0.15) is 5.65 Å². The molecule has 0 spiro atoms. The first kappa shape index (κ1) is 17.3. The van der Waals surface area contributed by atoms with E-state index >= 15 is 0 Å². The first-order chi connectivity index (χ1) is 13.1. The maximum Gasteiger partial charge on any atom is 0.216 e. The van der Waals surface area contributed by atoms with E-state index in [1.165, 1.54) is 0 Å². The largest absolute Gasteiger partial charge is 0.346 e. The Balaban J connectivity index is 1.55. The van der Waals surface area contributed by atoms with Gasteiger partial charge in [0, 0.05) is 53.8 Å². The minimum Gasteiger partial charge on any atom is -0.346 e. The number of hydrogen-bond acceptors (Lipinski definition) is 3. The maximum absolute atomic E-state index is 14.6. The van der Waals surface area contributed by atoms with Crippen molar-refractivity contribution >= 4 is 11.0 Å². The molecule has 4 heterocycles. The molecule has 0 radical (unpaired) electrons. The second-order valence-electron chi connectivity index (χ2n) is 6.84. The first-order valence-electron chi connectivity index (χ1n) is 9.13. The van der Waals surface area contributed by atoms with Gasteiger partial charge in [-0.25, -0.2) is 9.97 Å². The second-order valence-corrected chi connectivity index (χ2v) is 6.84. The topological polar surface area (TPSA) is 54.5 Å². The minimum atomic E-state index is -0.416. The zero-order chi connectivity index (χ0) is 18.8. The fourth-order valence-corrected chi connectivity index (χ4v) is 3.22. The number of aryl methyl sites for hydroxylation is 2. The van der Waals surface area contributed by atoms with Crippen LogP contribution in [0.3, 0.4) is 0 Å². The van der Waals surface area contributed by atoms with Gasteiger partial charge < -0.3 is 4.98 Å². The van der Waals surface area contributed by atoms with Gasteiger partial charge in [-0.3, -0.25) is 4.98 Å². The van der Waals surface area contributed by atoms with Gasteiger partial charge in [-0.1, -0.05) is 19.1 Å². The van der Waals surface area contributed by atoms with E-state index in [0.717, 1.165) is 39.8 Å². The number of nitrogens with one attached hydrogen (secondary N) is 1. The van der Waals surface area contributed by atoms with E-state index in [2.05, 4.69) is 32.9 Å². The summed E-state index contributed by atoms with van der Waals surface area (Å²) in [5, 5.41) is 1.03. The summed E-state index contributed by atoms with van der Waals surface area (Å²) in [4.78, 5) is 16.1. The lowest BCUT2D eigenvalue weighted by molar-refractivity contribution is 0.565. The van der Waals surface area contributed by atoms with Crippen LogP contribution >= 0.6 is 0 Å². The number of fused-ring (bicyclic) bond motifs is 1. The van der Waals surface area contributed by atoms with Crippen LogP contribution in [0.1, 0.15) is 40.6 Å². The van der Waals surface area contributed by atoms with Crippen LogP contribution in [0.2, 0.25) is 0 Å². The van der Waals surface area contributed by atoms with E-state index in [4.69, 9.17) is 0 Å². The highest BCUT2D eigenvalue weighted by atomic mass is 19.1. The number of aromatic nitrogens is 4. The number of rotatable bonds is 5. The van der Waals surface area contributed by atoms with E-state index < -0.39 is 5.95 Å². The molecule has 4 aromatic rings. The Morgan fingerprint density at radius 3 is 2.56 bits per heavy atom. The highest BCUT2D eigenvalue weighted by molar-refractivity contribution is 5.80. The summed E-state index contributed by atoms with van der Waals surface area (Å²) in [7, 11) is 0. The summed E-state index contributed by atoms with van der Waals surface area (Å²) in [6.45, 7) is 4.07. The third-order valence-corrected chi connectivity index (χ3v) is 4.75. The Labute approximate surface area is 157 Å². The zero-order valence-corrected chi connectivity index (χ0v) is 15.5. The van der Waals surface area contributed by atoms with E-state index in [-0.39, 0.29) is 0 Å². The summed E-state index contributed by atoms with van der Waals surface area (Å²) in [6.07, 6.45) is 7.52. The minimum absolute atomic E-state index is 0.416. The van der Waals surface area contributed by atoms with Crippen molar-refractivity contribution in [3.05, 3.63) is 88.5 Å². The summed E-state index contributed by atoms with van der Waals surface area (Å²) < 4.78 is 14.6. The van der Waals surface area contributed by atoms with Crippen molar-refractivity contribution in [3.63, 3.8) is 0 Å². The molecule has 0 saturated heterocycles. The van der Waals surface area contributed by atoms with Crippen LogP contribution < -0.4 is 0 Å². The molecule has 0 aromatic carbocycles. The van der Waals surface area contributed by atoms with Gasteiger partial charge in [0.2, 0.25) is 5.95 Å². The van der Waals surface area contributed by atoms with Crippen molar-refractivity contribution in [3.8, 4) is 0 Å². The number of nitrogens with zero attached hydrogens (tertiary/aromatic N) is 3. The molecule has 0 aliphatic heterocycles. The number of H-pyrrole nitrogens is 1. The molecule has 0 fully saturated rings. The maximum atomic E-state index is 14.6. The quantitative estimate of drug-likeness (QED) is 0.532. The summed E-state index contributed by atoms with van der Waals surface area (Å²) in [6, 6.07) is 9.83. The molecule has 4 aromatic heterocycles. The lowest BCUT2D eigenvalue weighted by Gasteiger charge is -2.06. The molecule has 0 aliphatic rings. The van der Waals surface area contributed by atoms with E-state index in [1.807, 2.05) is 49.8 Å². The Bertz CT molecular complexity index is 1080. The van der Waals surface area contributed by atoms with Crippen molar-refractivity contribution in [2.24, 2.45) is 0 Å². The van der Waals surface area contributed by atoms with E-state index in [0.29, 0.717) is 24.1 Å². The van der Waals surface area contributed by atoms with Gasteiger partial charge in [0.05, 0.1) is 0 Å². The average Bonchev–Trinajstić information content (AvgIpc) is 3.06. The summed E-state index contributed by atoms with van der Waals surface area (Å²) >= 11 is 0. The molecule has 27 heavy (non-hydrogen) atoms. The molecule has 0 atom stereocenters. The summed E-state index contributed by atoms with van der Waals surface area (Å²) in [5.41, 5.74) is 6.30. The molecule has 4 rings (SSSR count). The molecule has 5 heteroatoms. The van der Waals surface area contributed by atoms with Gasteiger partial charge in [-0.2, -0.15) is 4.39 Å². The van der Waals surface area contributed by atoms with Crippen molar-refractivity contribution in [2.75, 3.05) is 0 Å². The Morgan fingerprint density at radius 1 is 0.963 bits per heavy atom. The van der Waals surface area contributed by atoms with Gasteiger partial charge in [0.15, 0.2) is 0 Å². The van der Waals surface area contributed by atoms with Gasteiger partial charge in [-0.05, 0) is 48.2 Å². The van der Waals surface area contributed by atoms with Crippen LogP contribution in [0.4, 0.5) is 4.39 Å². The summed E-state index contributed by atoms with van der Waals surface area (Å²) in [5.74, 6) is -0.416. The lowest BCUT2D eigenvalue weighted by atomic mass is 10.0. The van der Waals surface area contributed by atoms with Gasteiger partial charge in [-0.15, -0.1) is 0 Å². The number of pyridine rings is 3. The fraction of sp³-hybridized carbons (Fsp3) is 0.227. The van der Waals surface area contributed by atoms with Crippen LogP contribution in [-0.2, 0) is 19.3 Å². The molecule has 136 valence electrons. The molecule has 1 N–H and O–H groups in total. The predicted molar refractivity (Wildman–Crippen MR) is 104 cm³/mol. The van der Waals surface area contributed by atoms with Crippen LogP contribution in [0.15, 0.2) is 48.9 Å². The molecule has 0 saturated carbocycles. The third kappa shape index (κ3) is 3.72. The monoisotopic (exact) mass is 360 g/mol. The number of aromatic amines is 1. The normalized spacial score (nSPS) is 11.2. The molecular weight excluding hydrogens is 339 g/mol. The van der Waals surface area contributed by atoms with Crippen molar-refractivity contribution < 1.29 is 4.39 Å². The van der Waals surface area contributed by atoms with Crippen molar-refractivity contribution in [1.82, 2.24) is 19.9 Å². The van der Waals surface area contributed by atoms with Crippen molar-refractivity contribution in [2.45, 2.75) is 33.1 Å². The lowest BCUT2D eigenvalue weighted by Crippen LogP contribution is -2.01. The second kappa shape index (κ2) is 7.27. The smallest absolute Gasteiger partial charge is 0.216 e. The van der Waals surface area contributed by atoms with Crippen LogP contribution in [-0.4, -0.2) is 19.9 Å². The molecular formula is C22H21FN4. The molecule has 0 bridgehead atoms. The average molecular weight is 360 g/mol. The van der Waals surface area contributed by atoms with Crippen molar-refractivity contribution in [1.29, 1.82) is 0 Å². The highest BCUT2D eigenvalue weighted by Gasteiger charge is 2.11. The standard InChI is InChI=1S/C22H21FN4/c1-3-18-6-4-15(12-24-18)9-19-7-5-16(21(23)27-19)10-17-13-26-22-20(17)8-14(2)11-25-22/h4-8,11-13H,3,9-10H2,1-2H3,(H,25,26). The Morgan fingerprint density at radius 2 is 1.81 bits per heavy atom. The number of hydrogen-bond donors (Lipinski definition) is 1. The van der Waals surface area contributed by atoms with Gasteiger partial charge >= 0.3 is 0 Å². The fourth-order valence-electron chi connectivity index (χ4n) is 3.22. The SMILES string of the molecule is CCc1ccc(Cc2ccc(Cc3c[nH]c4ncc(C)cc34)c(F)n2)cn1. The Hall–Kier alpha value is -3.08. The predicted octanol–water partition coefficient (Wildman–Crippen LogP) is 4.54. The zero-order valence-electron chi connectivity index (χ0n) is 15.5. The number of halogens is 1. The molecule has 0 unspecified atom stereocenters. The van der Waals surface area contributed by atoms with Crippen LogP contribution in [0.5, 0.6) is 0 Å². The third-order valence-electron chi connectivity index (χ3n) is 4.75. The van der Waals surface area contributed by atoms with E-state index in [1.54, 1.807) is 0 Å². The molecule has 0 amide bonds.